The number of pyridine rings is 1. The quantitative estimate of drug-likeness (QED) is 0.869. The Balaban J connectivity index is 1.81. The summed E-state index contributed by atoms with van der Waals surface area (Å²) in [6.45, 7) is 2.17. The molecule has 1 aliphatic rings. The third-order valence-electron chi connectivity index (χ3n) is 4.87. The van der Waals surface area contributed by atoms with Crippen molar-refractivity contribution >= 4 is 22.5 Å². The number of nitrogens with zero attached hydrogens (tertiary/aromatic N) is 1. The van der Waals surface area contributed by atoms with E-state index in [-0.39, 0.29) is 11.3 Å². The third kappa shape index (κ3) is 2.99. The number of para-hydroxylation sites is 1. The Kier molecular flexibility index (Phi) is 4.41. The van der Waals surface area contributed by atoms with Crippen molar-refractivity contribution in [3.8, 4) is 0 Å². The number of amides is 1. The molecule has 1 aromatic carbocycles. The topological polar surface area (TPSA) is 42.0 Å². The van der Waals surface area contributed by atoms with Gasteiger partial charge < -0.3 is 5.32 Å². The van der Waals surface area contributed by atoms with Crippen LogP contribution in [-0.2, 0) is 4.79 Å². The Labute approximate surface area is 132 Å². The fourth-order valence-electron chi connectivity index (χ4n) is 3.70. The molecule has 0 saturated heterocycles. The Bertz CT molecular complexity index is 654. The maximum absolute atomic E-state index is 12.9. The van der Waals surface area contributed by atoms with Gasteiger partial charge in [-0.3, -0.25) is 9.78 Å². The van der Waals surface area contributed by atoms with E-state index in [1.54, 1.807) is 6.20 Å². The summed E-state index contributed by atoms with van der Waals surface area (Å²) < 4.78 is 0. The zero-order chi connectivity index (χ0) is 15.4. The van der Waals surface area contributed by atoms with Crippen LogP contribution in [0, 0.1) is 5.41 Å². The largest absolute Gasteiger partial charge is 0.324 e. The van der Waals surface area contributed by atoms with Gasteiger partial charge in [-0.05, 0) is 31.4 Å². The van der Waals surface area contributed by atoms with E-state index < -0.39 is 0 Å². The fraction of sp³-hybridized carbons (Fsp3) is 0.474. The summed E-state index contributed by atoms with van der Waals surface area (Å²) in [5.41, 5.74) is 1.60. The Morgan fingerprint density at radius 3 is 2.77 bits per heavy atom. The molecular weight excluding hydrogens is 272 g/mol. The number of aromatic nitrogens is 1. The normalized spacial score (nSPS) is 17.3. The van der Waals surface area contributed by atoms with E-state index >= 15 is 0 Å². The summed E-state index contributed by atoms with van der Waals surface area (Å²) >= 11 is 0. The lowest BCUT2D eigenvalue weighted by molar-refractivity contribution is -0.128. The second kappa shape index (κ2) is 6.47. The Morgan fingerprint density at radius 1 is 1.23 bits per heavy atom. The fourth-order valence-corrected chi connectivity index (χ4v) is 3.70. The Morgan fingerprint density at radius 2 is 2.00 bits per heavy atom. The molecule has 1 amide bonds. The average molecular weight is 296 g/mol. The average Bonchev–Trinajstić information content (AvgIpc) is 2.56. The molecule has 1 saturated carbocycles. The molecule has 1 fully saturated rings. The van der Waals surface area contributed by atoms with Crippen LogP contribution in [0.25, 0.3) is 10.9 Å². The summed E-state index contributed by atoms with van der Waals surface area (Å²) in [6, 6.07) is 10.0. The third-order valence-corrected chi connectivity index (χ3v) is 4.87. The van der Waals surface area contributed by atoms with E-state index in [4.69, 9.17) is 0 Å². The summed E-state index contributed by atoms with van der Waals surface area (Å²) in [4.78, 5) is 17.3. The van der Waals surface area contributed by atoms with Gasteiger partial charge in [0, 0.05) is 10.8 Å². The van der Waals surface area contributed by atoms with Crippen LogP contribution in [0.4, 0.5) is 5.69 Å². The smallest absolute Gasteiger partial charge is 0.230 e. The molecular formula is C19H24N2O. The van der Waals surface area contributed by atoms with Crippen LogP contribution in [0.3, 0.4) is 0 Å². The molecule has 1 aliphatic carbocycles. The number of nitrogens with one attached hydrogen (secondary N) is 1. The van der Waals surface area contributed by atoms with Gasteiger partial charge in [-0.15, -0.1) is 0 Å². The number of carbonyl (C=O) groups is 1. The summed E-state index contributed by atoms with van der Waals surface area (Å²) in [5, 5.41) is 4.19. The first-order valence-electron chi connectivity index (χ1n) is 8.40. The monoisotopic (exact) mass is 296 g/mol. The maximum atomic E-state index is 12.9. The lowest BCUT2D eigenvalue weighted by atomic mass is 9.70. The summed E-state index contributed by atoms with van der Waals surface area (Å²) in [6.07, 6.45) is 9.45. The number of hydrogen-bond acceptors (Lipinski definition) is 2. The van der Waals surface area contributed by atoms with E-state index in [0.29, 0.717) is 0 Å². The highest BCUT2D eigenvalue weighted by Crippen LogP contribution is 2.41. The van der Waals surface area contributed by atoms with Crippen molar-refractivity contribution in [1.29, 1.82) is 0 Å². The number of rotatable bonds is 4. The van der Waals surface area contributed by atoms with Crippen LogP contribution < -0.4 is 5.32 Å². The van der Waals surface area contributed by atoms with Crippen molar-refractivity contribution in [3.05, 3.63) is 36.5 Å². The summed E-state index contributed by atoms with van der Waals surface area (Å²) in [5.74, 6) is 0.186. The molecule has 3 rings (SSSR count). The van der Waals surface area contributed by atoms with Crippen molar-refractivity contribution in [3.63, 3.8) is 0 Å². The van der Waals surface area contributed by atoms with Gasteiger partial charge in [-0.1, -0.05) is 50.8 Å². The van der Waals surface area contributed by atoms with Gasteiger partial charge >= 0.3 is 0 Å². The second-order valence-corrected chi connectivity index (χ2v) is 6.46. The van der Waals surface area contributed by atoms with Crippen LogP contribution in [-0.4, -0.2) is 10.9 Å². The number of carbonyl (C=O) groups excluding carboxylic acids is 1. The number of hydrogen-bond donors (Lipinski definition) is 1. The molecule has 0 aliphatic heterocycles. The highest BCUT2D eigenvalue weighted by Gasteiger charge is 2.38. The molecule has 0 bridgehead atoms. The van der Waals surface area contributed by atoms with E-state index in [1.165, 1.54) is 19.3 Å². The minimum absolute atomic E-state index is 0.168. The first-order chi connectivity index (χ1) is 10.7. The summed E-state index contributed by atoms with van der Waals surface area (Å²) in [7, 11) is 0. The molecule has 3 heteroatoms. The second-order valence-electron chi connectivity index (χ2n) is 6.46. The molecule has 3 nitrogen and oxygen atoms in total. The first-order valence-corrected chi connectivity index (χ1v) is 8.40. The van der Waals surface area contributed by atoms with E-state index in [9.17, 15) is 4.79 Å². The molecule has 0 atom stereocenters. The van der Waals surface area contributed by atoms with Crippen LogP contribution in [0.15, 0.2) is 36.5 Å². The lowest BCUT2D eigenvalue weighted by Gasteiger charge is -2.35. The van der Waals surface area contributed by atoms with Crippen LogP contribution in [0.1, 0.15) is 51.9 Å². The van der Waals surface area contributed by atoms with Gasteiger partial charge in [0.2, 0.25) is 5.91 Å². The minimum atomic E-state index is -0.168. The molecule has 0 radical (unpaired) electrons. The highest BCUT2D eigenvalue weighted by molar-refractivity contribution is 5.96. The van der Waals surface area contributed by atoms with Crippen LogP contribution in [0.5, 0.6) is 0 Å². The van der Waals surface area contributed by atoms with Crippen LogP contribution >= 0.6 is 0 Å². The predicted octanol–water partition coefficient (Wildman–Crippen LogP) is 4.92. The van der Waals surface area contributed by atoms with Gasteiger partial charge in [0.15, 0.2) is 0 Å². The highest BCUT2D eigenvalue weighted by atomic mass is 16.2. The molecule has 116 valence electrons. The zero-order valence-corrected chi connectivity index (χ0v) is 13.3. The number of anilines is 1. The maximum Gasteiger partial charge on any atom is 0.230 e. The Hall–Kier alpha value is -1.90. The van der Waals surface area contributed by atoms with Gasteiger partial charge in [0.05, 0.1) is 17.4 Å². The van der Waals surface area contributed by atoms with E-state index in [0.717, 1.165) is 42.3 Å². The minimum Gasteiger partial charge on any atom is -0.324 e. The molecule has 1 N–H and O–H groups in total. The van der Waals surface area contributed by atoms with Crippen molar-refractivity contribution in [2.45, 2.75) is 51.9 Å². The van der Waals surface area contributed by atoms with Crippen molar-refractivity contribution in [2.75, 3.05) is 5.32 Å². The van der Waals surface area contributed by atoms with Crippen molar-refractivity contribution in [2.24, 2.45) is 5.41 Å². The van der Waals surface area contributed by atoms with Gasteiger partial charge in [0.1, 0.15) is 0 Å². The first kappa shape index (κ1) is 15.0. The van der Waals surface area contributed by atoms with Crippen molar-refractivity contribution < 1.29 is 4.79 Å². The predicted molar refractivity (Wildman–Crippen MR) is 90.8 cm³/mol. The van der Waals surface area contributed by atoms with Gasteiger partial charge in [0.25, 0.3) is 0 Å². The van der Waals surface area contributed by atoms with Crippen LogP contribution in [0.2, 0.25) is 0 Å². The standard InChI is InChI=1S/C19H24N2O/c1-2-10-19(11-6-3-7-12-19)18(22)21-16-13-15-8-4-5-9-17(15)20-14-16/h4-5,8-9,13-14H,2-3,6-7,10-12H2,1H3,(H,21,22). The molecule has 1 heterocycles. The number of benzene rings is 1. The SMILES string of the molecule is CCCC1(C(=O)Nc2cnc3ccccc3c2)CCCCC1. The molecule has 1 aromatic heterocycles. The molecule has 0 spiro atoms. The number of fused-ring (bicyclic) bond motifs is 1. The van der Waals surface area contributed by atoms with Gasteiger partial charge in [-0.2, -0.15) is 0 Å². The molecule has 2 aromatic rings. The zero-order valence-electron chi connectivity index (χ0n) is 13.3. The van der Waals surface area contributed by atoms with E-state index in [2.05, 4.69) is 17.2 Å². The van der Waals surface area contributed by atoms with E-state index in [1.807, 2.05) is 30.3 Å². The van der Waals surface area contributed by atoms with Gasteiger partial charge in [-0.25, -0.2) is 0 Å². The van der Waals surface area contributed by atoms with Crippen molar-refractivity contribution in [1.82, 2.24) is 4.98 Å². The lowest BCUT2D eigenvalue weighted by Crippen LogP contribution is -2.38. The molecule has 22 heavy (non-hydrogen) atoms. The molecule has 0 unspecified atom stereocenters.